The van der Waals surface area contributed by atoms with Crippen LogP contribution in [0.15, 0.2) is 48.8 Å². The van der Waals surface area contributed by atoms with E-state index >= 15 is 0 Å². The molecule has 2 aromatic heterocycles. The van der Waals surface area contributed by atoms with Gasteiger partial charge >= 0.3 is 0 Å². The van der Waals surface area contributed by atoms with Gasteiger partial charge in [-0.15, -0.1) is 0 Å². The highest BCUT2D eigenvalue weighted by atomic mass is 19.1. The summed E-state index contributed by atoms with van der Waals surface area (Å²) >= 11 is 0. The van der Waals surface area contributed by atoms with Gasteiger partial charge in [0.05, 0.1) is 36.2 Å². The second-order valence-corrected chi connectivity index (χ2v) is 8.02. The Bertz CT molecular complexity index is 1090. The zero-order valence-corrected chi connectivity index (χ0v) is 18.7. The molecule has 1 aliphatic heterocycles. The van der Waals surface area contributed by atoms with Gasteiger partial charge in [0.2, 0.25) is 0 Å². The number of halogens is 1. The summed E-state index contributed by atoms with van der Waals surface area (Å²) in [5.74, 6) is -0.0320. The van der Waals surface area contributed by atoms with Crippen molar-refractivity contribution in [1.29, 1.82) is 0 Å². The van der Waals surface area contributed by atoms with Crippen LogP contribution in [0.3, 0.4) is 0 Å². The molecule has 3 N–H and O–H groups in total. The molecule has 0 radical (unpaired) electrons. The van der Waals surface area contributed by atoms with Gasteiger partial charge in [0.1, 0.15) is 17.9 Å². The number of hydrogen-bond acceptors (Lipinski definition) is 6. The van der Waals surface area contributed by atoms with Crippen LogP contribution in [0.2, 0.25) is 0 Å². The molecular weight excluding hydrogens is 425 g/mol. The molecule has 4 rings (SSSR count). The van der Waals surface area contributed by atoms with Crippen LogP contribution in [0.4, 0.5) is 4.39 Å². The van der Waals surface area contributed by atoms with Crippen LogP contribution >= 0.6 is 0 Å². The molecule has 3 atom stereocenters. The highest BCUT2D eigenvalue weighted by molar-refractivity contribution is 5.96. The standard InChI is InChI=1S/C24H28FN5O3/c1-3-19(22-26-9-4-10-27-22)29-23(31)18-13-20(30-11-12-33-14-21(18)30)24(32)28-15(2)16-5-7-17(25)8-6-16/h4-10,13,15,19,24,28,32H,3,11-12,14H2,1-2H3,(H,29,31)/t15-,19+,24?/m0/s1. The molecule has 3 heterocycles. The molecule has 0 fully saturated rings. The average molecular weight is 454 g/mol. The number of amides is 1. The SMILES string of the molecule is CC[C@@H](NC(=O)c1cc(C(O)N[C@@H](C)c2ccc(F)cc2)n2c1COCC2)c1ncccn1. The van der Waals surface area contributed by atoms with E-state index < -0.39 is 6.23 Å². The second-order valence-electron chi connectivity index (χ2n) is 8.02. The Morgan fingerprint density at radius 3 is 2.70 bits per heavy atom. The molecule has 174 valence electrons. The number of aliphatic hydroxyl groups is 1. The molecule has 1 aromatic carbocycles. The molecule has 0 spiro atoms. The Labute approximate surface area is 191 Å². The summed E-state index contributed by atoms with van der Waals surface area (Å²) < 4.78 is 20.8. The maximum Gasteiger partial charge on any atom is 0.253 e. The molecule has 33 heavy (non-hydrogen) atoms. The van der Waals surface area contributed by atoms with Crippen LogP contribution in [-0.2, 0) is 17.9 Å². The van der Waals surface area contributed by atoms with E-state index in [1.807, 2.05) is 18.4 Å². The molecule has 9 heteroatoms. The fourth-order valence-electron chi connectivity index (χ4n) is 4.02. The lowest BCUT2D eigenvalue weighted by Gasteiger charge is -2.24. The summed E-state index contributed by atoms with van der Waals surface area (Å²) in [6.07, 6.45) is 2.90. The van der Waals surface area contributed by atoms with E-state index in [4.69, 9.17) is 4.74 Å². The van der Waals surface area contributed by atoms with Crippen molar-refractivity contribution in [2.75, 3.05) is 6.61 Å². The number of benzene rings is 1. The summed E-state index contributed by atoms with van der Waals surface area (Å²) in [5.41, 5.74) is 2.59. The predicted molar refractivity (Wildman–Crippen MR) is 120 cm³/mol. The third-order valence-corrected chi connectivity index (χ3v) is 5.85. The third-order valence-electron chi connectivity index (χ3n) is 5.85. The van der Waals surface area contributed by atoms with Crippen molar-refractivity contribution in [2.45, 2.75) is 51.7 Å². The van der Waals surface area contributed by atoms with Crippen molar-refractivity contribution >= 4 is 5.91 Å². The number of nitrogens with one attached hydrogen (secondary N) is 2. The first-order valence-electron chi connectivity index (χ1n) is 11.0. The number of carbonyl (C=O) groups excluding carboxylic acids is 1. The summed E-state index contributed by atoms with van der Waals surface area (Å²) in [4.78, 5) is 21.7. The number of hydrogen-bond donors (Lipinski definition) is 3. The Morgan fingerprint density at radius 2 is 2.00 bits per heavy atom. The second kappa shape index (κ2) is 10.2. The zero-order chi connectivity index (χ0) is 23.4. The highest BCUT2D eigenvalue weighted by Gasteiger charge is 2.28. The van der Waals surface area contributed by atoms with E-state index in [-0.39, 0.29) is 30.4 Å². The number of fused-ring (bicyclic) bond motifs is 1. The lowest BCUT2D eigenvalue weighted by atomic mass is 10.1. The summed E-state index contributed by atoms with van der Waals surface area (Å²) in [5, 5.41) is 17.1. The van der Waals surface area contributed by atoms with Gasteiger partial charge in [0.25, 0.3) is 5.91 Å². The molecule has 1 aliphatic rings. The smallest absolute Gasteiger partial charge is 0.253 e. The average Bonchev–Trinajstić information content (AvgIpc) is 3.23. The van der Waals surface area contributed by atoms with Crippen LogP contribution in [-0.4, -0.2) is 32.2 Å². The number of carbonyl (C=O) groups is 1. The molecule has 0 saturated carbocycles. The van der Waals surface area contributed by atoms with Crippen LogP contribution < -0.4 is 10.6 Å². The fourth-order valence-corrected chi connectivity index (χ4v) is 4.02. The molecule has 1 amide bonds. The lowest BCUT2D eigenvalue weighted by molar-refractivity contribution is 0.0713. The quantitative estimate of drug-likeness (QED) is 0.453. The number of ether oxygens (including phenoxy) is 1. The summed E-state index contributed by atoms with van der Waals surface area (Å²) in [6, 6.07) is 9.00. The predicted octanol–water partition coefficient (Wildman–Crippen LogP) is 3.17. The number of rotatable bonds is 8. The van der Waals surface area contributed by atoms with Crippen molar-refractivity contribution in [2.24, 2.45) is 0 Å². The fraction of sp³-hybridized carbons (Fsp3) is 0.375. The van der Waals surface area contributed by atoms with Gasteiger partial charge in [-0.05, 0) is 43.2 Å². The third kappa shape index (κ3) is 5.11. The molecule has 3 aromatic rings. The Balaban J connectivity index is 1.56. The highest BCUT2D eigenvalue weighted by Crippen LogP contribution is 2.27. The van der Waals surface area contributed by atoms with E-state index in [0.29, 0.717) is 42.3 Å². The lowest BCUT2D eigenvalue weighted by Crippen LogP contribution is -2.31. The van der Waals surface area contributed by atoms with E-state index in [2.05, 4.69) is 20.6 Å². The molecule has 0 saturated heterocycles. The van der Waals surface area contributed by atoms with E-state index in [1.165, 1.54) is 12.1 Å². The minimum atomic E-state index is -1.03. The van der Waals surface area contributed by atoms with Crippen molar-refractivity contribution in [3.05, 3.63) is 82.9 Å². The van der Waals surface area contributed by atoms with Crippen LogP contribution in [0, 0.1) is 5.82 Å². The van der Waals surface area contributed by atoms with Gasteiger partial charge in [-0.1, -0.05) is 19.1 Å². The number of nitrogens with zero attached hydrogens (tertiary/aromatic N) is 3. The Morgan fingerprint density at radius 1 is 1.27 bits per heavy atom. The minimum Gasteiger partial charge on any atom is -0.373 e. The maximum absolute atomic E-state index is 13.2. The first-order chi connectivity index (χ1) is 16.0. The van der Waals surface area contributed by atoms with E-state index in [1.54, 1.807) is 36.7 Å². The Kier molecular flexibility index (Phi) is 7.12. The van der Waals surface area contributed by atoms with Crippen molar-refractivity contribution in [3.8, 4) is 0 Å². The summed E-state index contributed by atoms with van der Waals surface area (Å²) in [6.45, 7) is 5.14. The molecule has 8 nitrogen and oxygen atoms in total. The van der Waals surface area contributed by atoms with Crippen molar-refractivity contribution < 1.29 is 19.0 Å². The van der Waals surface area contributed by atoms with Gasteiger partial charge in [0, 0.05) is 25.0 Å². The van der Waals surface area contributed by atoms with Gasteiger partial charge in [-0.2, -0.15) is 0 Å². The first-order valence-corrected chi connectivity index (χ1v) is 11.0. The largest absolute Gasteiger partial charge is 0.373 e. The number of aromatic nitrogens is 3. The summed E-state index contributed by atoms with van der Waals surface area (Å²) in [7, 11) is 0. The molecule has 1 unspecified atom stereocenters. The van der Waals surface area contributed by atoms with Crippen LogP contribution in [0.5, 0.6) is 0 Å². The van der Waals surface area contributed by atoms with Gasteiger partial charge in [-0.25, -0.2) is 14.4 Å². The molecular formula is C24H28FN5O3. The minimum absolute atomic E-state index is 0.233. The van der Waals surface area contributed by atoms with E-state index in [9.17, 15) is 14.3 Å². The normalized spacial score (nSPS) is 16.0. The topological polar surface area (TPSA) is 101 Å². The first kappa shape index (κ1) is 23.0. The van der Waals surface area contributed by atoms with Gasteiger partial charge in [-0.3, -0.25) is 10.1 Å². The van der Waals surface area contributed by atoms with Gasteiger partial charge < -0.3 is 19.7 Å². The Hall–Kier alpha value is -3.14. The maximum atomic E-state index is 13.2. The van der Waals surface area contributed by atoms with Gasteiger partial charge in [0.15, 0.2) is 0 Å². The van der Waals surface area contributed by atoms with Crippen LogP contribution in [0.25, 0.3) is 0 Å². The van der Waals surface area contributed by atoms with Crippen LogP contribution in [0.1, 0.15) is 71.7 Å². The zero-order valence-electron chi connectivity index (χ0n) is 18.7. The molecule has 0 aliphatic carbocycles. The molecule has 0 bridgehead atoms. The number of aliphatic hydroxyl groups excluding tert-OH is 1. The van der Waals surface area contributed by atoms with Crippen molar-refractivity contribution in [3.63, 3.8) is 0 Å². The van der Waals surface area contributed by atoms with Crippen molar-refractivity contribution in [1.82, 2.24) is 25.2 Å². The van der Waals surface area contributed by atoms with E-state index in [0.717, 1.165) is 5.56 Å². The monoisotopic (exact) mass is 453 g/mol.